The summed E-state index contributed by atoms with van der Waals surface area (Å²) in [6.07, 6.45) is 4.09. The number of aromatic nitrogens is 2. The van der Waals surface area contributed by atoms with Gasteiger partial charge in [0.05, 0.1) is 0 Å². The molecule has 0 fully saturated rings. The van der Waals surface area contributed by atoms with Gasteiger partial charge in [0.1, 0.15) is 29.2 Å². The third kappa shape index (κ3) is 3.74. The predicted molar refractivity (Wildman–Crippen MR) is 107 cm³/mol. The Morgan fingerprint density at radius 3 is 2.28 bits per heavy atom. The van der Waals surface area contributed by atoms with E-state index in [2.05, 4.69) is 4.98 Å². The van der Waals surface area contributed by atoms with Crippen LogP contribution in [0.2, 0.25) is 0 Å². The molecule has 4 rings (SSSR count). The molecule has 29 heavy (non-hydrogen) atoms. The summed E-state index contributed by atoms with van der Waals surface area (Å²) in [5.41, 5.74) is 2.80. The predicted octanol–water partition coefficient (Wildman–Crippen LogP) is 5.53. The first kappa shape index (κ1) is 18.8. The summed E-state index contributed by atoms with van der Waals surface area (Å²) in [5.74, 6) is -1.56. The number of pyridine rings is 1. The van der Waals surface area contributed by atoms with Crippen molar-refractivity contribution < 1.29 is 13.2 Å². The maximum atomic E-state index is 13.9. The highest BCUT2D eigenvalue weighted by Gasteiger charge is 2.17. The van der Waals surface area contributed by atoms with Crippen LogP contribution in [0.25, 0.3) is 33.8 Å². The molecule has 2 aromatic carbocycles. The monoisotopic (exact) mass is 392 g/mol. The van der Waals surface area contributed by atoms with Crippen LogP contribution in [-0.2, 0) is 6.54 Å². The van der Waals surface area contributed by atoms with Crippen LogP contribution >= 0.6 is 0 Å². The van der Waals surface area contributed by atoms with E-state index < -0.39 is 11.6 Å². The van der Waals surface area contributed by atoms with Gasteiger partial charge in [-0.2, -0.15) is 0 Å². The Bertz CT molecular complexity index is 1190. The van der Waals surface area contributed by atoms with Crippen molar-refractivity contribution in [3.8, 4) is 33.8 Å². The first-order chi connectivity index (χ1) is 14.1. The third-order valence-corrected chi connectivity index (χ3v) is 4.64. The molecular weight excluding hydrogens is 374 g/mol. The molecule has 6 heteroatoms. The molecule has 4 aromatic rings. The lowest BCUT2D eigenvalue weighted by atomic mass is 10.0. The number of hydrogen-bond acceptors (Lipinski definition) is 3. The van der Waals surface area contributed by atoms with Gasteiger partial charge in [-0.05, 0) is 35.7 Å². The van der Waals surface area contributed by atoms with Crippen LogP contribution in [0.3, 0.4) is 0 Å². The first-order valence-corrected chi connectivity index (χ1v) is 9.28. The summed E-state index contributed by atoms with van der Waals surface area (Å²) < 4.78 is 34.9. The molecule has 2 aromatic heterocycles. The van der Waals surface area contributed by atoms with E-state index in [0.717, 1.165) is 35.2 Å². The molecule has 0 aliphatic carbocycles. The Morgan fingerprint density at radius 2 is 1.59 bits per heavy atom. The van der Waals surface area contributed by atoms with Crippen LogP contribution in [-0.4, -0.2) is 9.55 Å². The summed E-state index contributed by atoms with van der Waals surface area (Å²) in [7, 11) is 0. The van der Waals surface area contributed by atoms with Crippen molar-refractivity contribution in [3.05, 3.63) is 89.0 Å². The van der Waals surface area contributed by atoms with Gasteiger partial charge in [-0.1, -0.05) is 37.3 Å². The van der Waals surface area contributed by atoms with E-state index in [-0.39, 0.29) is 17.0 Å². The zero-order valence-corrected chi connectivity index (χ0v) is 15.7. The number of hydrogen-bond donors (Lipinski definition) is 0. The second kappa shape index (κ2) is 7.83. The Balaban J connectivity index is 1.63. The molecule has 4 nitrogen and oxygen atoms in total. The lowest BCUT2D eigenvalue weighted by Crippen LogP contribution is -2.18. The van der Waals surface area contributed by atoms with E-state index in [0.29, 0.717) is 12.2 Å². The van der Waals surface area contributed by atoms with Gasteiger partial charge in [0, 0.05) is 24.4 Å². The Kier molecular flexibility index (Phi) is 5.08. The van der Waals surface area contributed by atoms with Gasteiger partial charge in [-0.3, -0.25) is 4.79 Å². The lowest BCUT2D eigenvalue weighted by molar-refractivity contribution is 0.542. The molecule has 0 saturated heterocycles. The van der Waals surface area contributed by atoms with Gasteiger partial charge in [0.2, 0.25) is 5.89 Å². The standard InChI is InChI=1S/C23H18F2N2O2/c1-2-12-27-13-17(10-11-21(27)28)15-6-8-16(9-7-15)20-14-29-23(26-20)22-18(24)4-3-5-19(22)25/h3-11,13-14H,2,12H2,1H3. The van der Waals surface area contributed by atoms with E-state index in [1.54, 1.807) is 16.7 Å². The van der Waals surface area contributed by atoms with Crippen LogP contribution in [0.5, 0.6) is 0 Å². The number of aryl methyl sites for hydroxylation is 1. The highest BCUT2D eigenvalue weighted by molar-refractivity contribution is 5.69. The molecule has 0 unspecified atom stereocenters. The molecule has 0 radical (unpaired) electrons. The number of rotatable bonds is 5. The molecule has 0 amide bonds. The average molecular weight is 392 g/mol. The summed E-state index contributed by atoms with van der Waals surface area (Å²) in [4.78, 5) is 16.1. The van der Waals surface area contributed by atoms with E-state index in [1.807, 2.05) is 37.4 Å². The van der Waals surface area contributed by atoms with Crippen molar-refractivity contribution in [2.75, 3.05) is 0 Å². The van der Waals surface area contributed by atoms with Gasteiger partial charge in [-0.15, -0.1) is 0 Å². The van der Waals surface area contributed by atoms with Crippen LogP contribution in [0.15, 0.2) is 76.3 Å². The first-order valence-electron chi connectivity index (χ1n) is 9.28. The Morgan fingerprint density at radius 1 is 0.931 bits per heavy atom. The topological polar surface area (TPSA) is 48.0 Å². The second-order valence-corrected chi connectivity index (χ2v) is 6.66. The molecule has 0 aliphatic heterocycles. The number of oxazole rings is 1. The quantitative estimate of drug-likeness (QED) is 0.449. The van der Waals surface area contributed by atoms with Gasteiger partial charge in [-0.25, -0.2) is 13.8 Å². The van der Waals surface area contributed by atoms with Crippen LogP contribution in [0, 0.1) is 11.6 Å². The second-order valence-electron chi connectivity index (χ2n) is 6.66. The maximum Gasteiger partial charge on any atom is 0.250 e. The minimum Gasteiger partial charge on any atom is -0.444 e. The van der Waals surface area contributed by atoms with E-state index in [4.69, 9.17) is 4.42 Å². The number of nitrogens with zero attached hydrogens (tertiary/aromatic N) is 2. The van der Waals surface area contributed by atoms with Crippen molar-refractivity contribution in [1.82, 2.24) is 9.55 Å². The molecular formula is C23H18F2N2O2. The fourth-order valence-electron chi connectivity index (χ4n) is 3.17. The fraction of sp³-hybridized carbons (Fsp3) is 0.130. The normalized spacial score (nSPS) is 11.0. The molecule has 0 aliphatic rings. The Labute approximate surface area is 166 Å². The van der Waals surface area contributed by atoms with Gasteiger partial charge >= 0.3 is 0 Å². The van der Waals surface area contributed by atoms with Crippen molar-refractivity contribution >= 4 is 0 Å². The zero-order chi connectivity index (χ0) is 20.4. The van der Waals surface area contributed by atoms with Crippen molar-refractivity contribution in [1.29, 1.82) is 0 Å². The highest BCUT2D eigenvalue weighted by Crippen LogP contribution is 2.29. The summed E-state index contributed by atoms with van der Waals surface area (Å²) in [6, 6.07) is 14.5. The molecule has 146 valence electrons. The lowest BCUT2D eigenvalue weighted by Gasteiger charge is -2.07. The minimum absolute atomic E-state index is 0.0253. The molecule has 0 atom stereocenters. The van der Waals surface area contributed by atoms with Crippen molar-refractivity contribution in [2.45, 2.75) is 19.9 Å². The molecule has 0 N–H and O–H groups in total. The third-order valence-electron chi connectivity index (χ3n) is 4.64. The Hall–Kier alpha value is -3.54. The van der Waals surface area contributed by atoms with E-state index in [9.17, 15) is 13.6 Å². The zero-order valence-electron chi connectivity index (χ0n) is 15.7. The van der Waals surface area contributed by atoms with E-state index in [1.165, 1.54) is 12.3 Å². The average Bonchev–Trinajstić information content (AvgIpc) is 3.19. The molecule has 0 saturated carbocycles. The van der Waals surface area contributed by atoms with Crippen LogP contribution in [0.1, 0.15) is 13.3 Å². The summed E-state index contributed by atoms with van der Waals surface area (Å²) in [5, 5.41) is 0. The molecule has 0 spiro atoms. The SMILES string of the molecule is CCCn1cc(-c2ccc(-c3coc(-c4c(F)cccc4F)n3)cc2)ccc1=O. The summed E-state index contributed by atoms with van der Waals surface area (Å²) in [6.45, 7) is 2.69. The van der Waals surface area contributed by atoms with Crippen molar-refractivity contribution in [3.63, 3.8) is 0 Å². The largest absolute Gasteiger partial charge is 0.444 e. The minimum atomic E-state index is -0.726. The van der Waals surface area contributed by atoms with Gasteiger partial charge in [0.15, 0.2) is 0 Å². The molecule has 2 heterocycles. The maximum absolute atomic E-state index is 13.9. The van der Waals surface area contributed by atoms with Crippen LogP contribution < -0.4 is 5.56 Å². The van der Waals surface area contributed by atoms with Gasteiger partial charge < -0.3 is 8.98 Å². The highest BCUT2D eigenvalue weighted by atomic mass is 19.1. The van der Waals surface area contributed by atoms with E-state index >= 15 is 0 Å². The fourth-order valence-corrected chi connectivity index (χ4v) is 3.17. The molecule has 0 bridgehead atoms. The summed E-state index contributed by atoms with van der Waals surface area (Å²) >= 11 is 0. The van der Waals surface area contributed by atoms with Crippen molar-refractivity contribution in [2.24, 2.45) is 0 Å². The van der Waals surface area contributed by atoms with Crippen LogP contribution in [0.4, 0.5) is 8.78 Å². The number of halogens is 2. The number of benzene rings is 2. The smallest absolute Gasteiger partial charge is 0.250 e. The van der Waals surface area contributed by atoms with Gasteiger partial charge in [0.25, 0.3) is 5.56 Å².